The summed E-state index contributed by atoms with van der Waals surface area (Å²) in [5.74, 6) is 0.582. The fraction of sp³-hybridized carbons (Fsp3) is 0.600. The predicted octanol–water partition coefficient (Wildman–Crippen LogP) is 4.81. The highest BCUT2D eigenvalue weighted by molar-refractivity contribution is 6.75. The SMILES string of the molecule is CC(C)(C)N[Si](C)(C)CC1C=C(N2CCCC2)c2ccccc21. The summed E-state index contributed by atoms with van der Waals surface area (Å²) in [5, 5.41) is 0. The summed E-state index contributed by atoms with van der Waals surface area (Å²) in [5.41, 5.74) is 4.74. The number of likely N-dealkylation sites (tertiary alicyclic amines) is 1. The number of nitrogens with one attached hydrogen (secondary N) is 1. The third-order valence-corrected chi connectivity index (χ3v) is 7.77. The fourth-order valence-corrected chi connectivity index (χ4v) is 8.01. The Bertz CT molecular complexity index is 592. The van der Waals surface area contributed by atoms with E-state index in [2.05, 4.69) is 74.1 Å². The molecule has 1 aromatic rings. The Morgan fingerprint density at radius 1 is 1.13 bits per heavy atom. The first-order valence-electron chi connectivity index (χ1n) is 9.11. The zero-order valence-electron chi connectivity index (χ0n) is 15.4. The minimum Gasteiger partial charge on any atom is -0.371 e. The maximum Gasteiger partial charge on any atom is 0.120 e. The van der Waals surface area contributed by atoms with Gasteiger partial charge in [0, 0.05) is 35.8 Å². The molecule has 1 saturated heterocycles. The Labute approximate surface area is 143 Å². The van der Waals surface area contributed by atoms with Gasteiger partial charge in [-0.1, -0.05) is 43.4 Å². The number of hydrogen-bond acceptors (Lipinski definition) is 2. The second-order valence-electron chi connectivity index (χ2n) is 8.90. The first-order valence-corrected chi connectivity index (χ1v) is 12.3. The quantitative estimate of drug-likeness (QED) is 0.798. The molecule has 1 atom stereocenters. The second kappa shape index (κ2) is 6.10. The minimum atomic E-state index is -1.45. The van der Waals surface area contributed by atoms with Crippen LogP contribution in [0.25, 0.3) is 5.70 Å². The smallest absolute Gasteiger partial charge is 0.120 e. The summed E-state index contributed by atoms with van der Waals surface area (Å²) in [6.07, 6.45) is 5.25. The van der Waals surface area contributed by atoms with E-state index in [0.717, 1.165) is 0 Å². The Hall–Kier alpha value is -1.06. The topological polar surface area (TPSA) is 15.3 Å². The van der Waals surface area contributed by atoms with Gasteiger partial charge in [-0.2, -0.15) is 0 Å². The maximum atomic E-state index is 3.93. The standard InChI is InChI=1S/C20H32N2Si/c1-20(2,3)21-23(4,5)15-16-14-19(22-12-8-9-13-22)18-11-7-6-10-17(16)18/h6-7,10-11,14,16,21H,8-9,12-13,15H2,1-5H3. The van der Waals surface area contributed by atoms with Crippen LogP contribution >= 0.6 is 0 Å². The molecule has 0 spiro atoms. The molecule has 3 rings (SSSR count). The van der Waals surface area contributed by atoms with E-state index < -0.39 is 8.24 Å². The molecular weight excluding hydrogens is 296 g/mol. The van der Waals surface area contributed by atoms with Gasteiger partial charge in [0.25, 0.3) is 0 Å². The first-order chi connectivity index (χ1) is 10.8. The molecule has 0 amide bonds. The van der Waals surface area contributed by atoms with Gasteiger partial charge in [0.15, 0.2) is 0 Å². The number of fused-ring (bicyclic) bond motifs is 1. The van der Waals surface area contributed by atoms with Crippen molar-refractivity contribution in [1.29, 1.82) is 0 Å². The van der Waals surface area contributed by atoms with Crippen molar-refractivity contribution < 1.29 is 0 Å². The van der Waals surface area contributed by atoms with Gasteiger partial charge >= 0.3 is 0 Å². The van der Waals surface area contributed by atoms with Gasteiger partial charge in [-0.3, -0.25) is 0 Å². The fourth-order valence-electron chi connectivity index (χ4n) is 4.44. The molecule has 1 fully saturated rings. The third kappa shape index (κ3) is 3.89. The number of nitrogens with zero attached hydrogens (tertiary/aromatic N) is 1. The van der Waals surface area contributed by atoms with Crippen LogP contribution in [0.15, 0.2) is 30.3 Å². The van der Waals surface area contributed by atoms with Gasteiger partial charge in [0.1, 0.15) is 8.24 Å². The van der Waals surface area contributed by atoms with Crippen LogP contribution in [0.3, 0.4) is 0 Å². The summed E-state index contributed by atoms with van der Waals surface area (Å²) in [4.78, 5) is 6.54. The lowest BCUT2D eigenvalue weighted by Crippen LogP contribution is -2.54. The van der Waals surface area contributed by atoms with Crippen LogP contribution in [-0.2, 0) is 0 Å². The van der Waals surface area contributed by atoms with Crippen molar-refractivity contribution in [2.45, 2.75) is 64.2 Å². The van der Waals surface area contributed by atoms with Gasteiger partial charge in [0.05, 0.1) is 0 Å². The minimum absolute atomic E-state index is 0.204. The normalized spacial score (nSPS) is 21.5. The van der Waals surface area contributed by atoms with E-state index in [-0.39, 0.29) is 5.54 Å². The molecule has 0 radical (unpaired) electrons. The Kier molecular flexibility index (Phi) is 4.45. The average molecular weight is 329 g/mol. The largest absolute Gasteiger partial charge is 0.371 e. The van der Waals surface area contributed by atoms with Crippen molar-refractivity contribution in [3.05, 3.63) is 41.5 Å². The molecule has 1 heterocycles. The second-order valence-corrected chi connectivity index (χ2v) is 13.3. The van der Waals surface area contributed by atoms with E-state index in [1.54, 1.807) is 5.56 Å². The van der Waals surface area contributed by atoms with Crippen LogP contribution in [-0.4, -0.2) is 31.8 Å². The highest BCUT2D eigenvalue weighted by Gasteiger charge is 2.34. The van der Waals surface area contributed by atoms with Crippen LogP contribution in [0, 0.1) is 0 Å². The lowest BCUT2D eigenvalue weighted by Gasteiger charge is -2.35. The van der Waals surface area contributed by atoms with Gasteiger partial charge in [0.2, 0.25) is 0 Å². The number of rotatable bonds is 4. The molecule has 1 aliphatic heterocycles. The zero-order chi connectivity index (χ0) is 16.7. The molecule has 23 heavy (non-hydrogen) atoms. The predicted molar refractivity (Wildman–Crippen MR) is 103 cm³/mol. The molecule has 3 heteroatoms. The maximum absolute atomic E-state index is 3.93. The summed E-state index contributed by atoms with van der Waals surface area (Å²) < 4.78 is 0. The van der Waals surface area contributed by atoms with E-state index in [1.807, 2.05) is 0 Å². The molecule has 0 saturated carbocycles. The van der Waals surface area contributed by atoms with Crippen LogP contribution in [0.1, 0.15) is 50.7 Å². The number of allylic oxidation sites excluding steroid dienone is 1. The Balaban J connectivity index is 1.84. The summed E-state index contributed by atoms with van der Waals surface area (Å²) >= 11 is 0. The number of hydrogen-bond donors (Lipinski definition) is 1. The molecule has 1 N–H and O–H groups in total. The van der Waals surface area contributed by atoms with Crippen molar-refractivity contribution in [2.75, 3.05) is 13.1 Å². The highest BCUT2D eigenvalue weighted by atomic mass is 28.3. The molecular formula is C20H32N2Si. The van der Waals surface area contributed by atoms with Crippen molar-refractivity contribution >= 4 is 13.9 Å². The van der Waals surface area contributed by atoms with Gasteiger partial charge in [-0.25, -0.2) is 0 Å². The molecule has 0 aromatic heterocycles. The first kappa shape index (κ1) is 16.8. The van der Waals surface area contributed by atoms with E-state index in [0.29, 0.717) is 5.92 Å². The van der Waals surface area contributed by atoms with Crippen molar-refractivity contribution in [3.8, 4) is 0 Å². The zero-order valence-corrected chi connectivity index (χ0v) is 16.4. The summed E-state index contributed by atoms with van der Waals surface area (Å²) in [6, 6.07) is 10.4. The van der Waals surface area contributed by atoms with Gasteiger partial charge < -0.3 is 9.88 Å². The van der Waals surface area contributed by atoms with Crippen molar-refractivity contribution in [1.82, 2.24) is 9.88 Å². The lowest BCUT2D eigenvalue weighted by atomic mass is 10.0. The molecule has 126 valence electrons. The van der Waals surface area contributed by atoms with Crippen molar-refractivity contribution in [3.63, 3.8) is 0 Å². The number of benzene rings is 1. The third-order valence-electron chi connectivity index (χ3n) is 4.89. The van der Waals surface area contributed by atoms with Crippen molar-refractivity contribution in [2.24, 2.45) is 0 Å². The summed E-state index contributed by atoms with van der Waals surface area (Å²) in [7, 11) is -1.45. The Morgan fingerprint density at radius 3 is 2.43 bits per heavy atom. The van der Waals surface area contributed by atoms with E-state index in [9.17, 15) is 0 Å². The Morgan fingerprint density at radius 2 is 1.78 bits per heavy atom. The molecule has 0 bridgehead atoms. The average Bonchev–Trinajstić information content (AvgIpc) is 3.04. The summed E-state index contributed by atoms with van der Waals surface area (Å²) in [6.45, 7) is 14.3. The molecule has 1 aliphatic carbocycles. The van der Waals surface area contributed by atoms with Gasteiger partial charge in [-0.05, 0) is 45.2 Å². The van der Waals surface area contributed by atoms with Crippen LogP contribution in [0.2, 0.25) is 19.1 Å². The molecule has 1 unspecified atom stereocenters. The molecule has 2 aliphatic rings. The van der Waals surface area contributed by atoms with Crippen LogP contribution in [0.4, 0.5) is 0 Å². The van der Waals surface area contributed by atoms with E-state index >= 15 is 0 Å². The lowest BCUT2D eigenvalue weighted by molar-refractivity contribution is 0.493. The highest BCUT2D eigenvalue weighted by Crippen LogP contribution is 2.42. The monoisotopic (exact) mass is 328 g/mol. The van der Waals surface area contributed by atoms with Gasteiger partial charge in [-0.15, -0.1) is 0 Å². The molecule has 2 nitrogen and oxygen atoms in total. The van der Waals surface area contributed by atoms with Crippen LogP contribution < -0.4 is 4.98 Å². The molecule has 1 aromatic carbocycles. The van der Waals surface area contributed by atoms with E-state index in [4.69, 9.17) is 0 Å². The van der Waals surface area contributed by atoms with Crippen LogP contribution in [0.5, 0.6) is 0 Å². The van der Waals surface area contributed by atoms with E-state index in [1.165, 1.54) is 43.2 Å².